The van der Waals surface area contributed by atoms with Gasteiger partial charge in [0.25, 0.3) is 0 Å². The molecule has 138 valence electrons. The van der Waals surface area contributed by atoms with Gasteiger partial charge >= 0.3 is 0 Å². The second kappa shape index (κ2) is 8.68. The number of rotatable bonds is 7. The van der Waals surface area contributed by atoms with Gasteiger partial charge in [-0.2, -0.15) is 0 Å². The molecule has 1 amide bonds. The van der Waals surface area contributed by atoms with Crippen molar-refractivity contribution < 1.29 is 9.59 Å². The molecule has 2 aromatic carbocycles. The summed E-state index contributed by atoms with van der Waals surface area (Å²) < 4.78 is 1.68. The fourth-order valence-corrected chi connectivity index (χ4v) is 3.35. The number of amides is 1. The highest BCUT2D eigenvalue weighted by molar-refractivity contribution is 7.99. The van der Waals surface area contributed by atoms with Crippen LogP contribution in [0.25, 0.3) is 0 Å². The van der Waals surface area contributed by atoms with Crippen molar-refractivity contribution in [2.45, 2.75) is 12.7 Å². The number of imidazole rings is 1. The molecule has 0 atom stereocenters. The van der Waals surface area contributed by atoms with E-state index in [2.05, 4.69) is 41.5 Å². The van der Waals surface area contributed by atoms with Gasteiger partial charge in [0, 0.05) is 36.4 Å². The highest BCUT2D eigenvalue weighted by Crippen LogP contribution is 2.15. The first-order valence-corrected chi connectivity index (χ1v) is 9.73. The minimum absolute atomic E-state index is 0.0599. The van der Waals surface area contributed by atoms with E-state index in [1.165, 1.54) is 11.1 Å². The third kappa shape index (κ3) is 5.08. The number of ketones is 1. The first-order valence-electron chi connectivity index (χ1n) is 8.58. The first-order chi connectivity index (χ1) is 13.0. The maximum atomic E-state index is 12.4. The van der Waals surface area contributed by atoms with Crippen molar-refractivity contribution in [3.63, 3.8) is 0 Å². The van der Waals surface area contributed by atoms with Crippen LogP contribution in [-0.4, -0.2) is 27.0 Å². The summed E-state index contributed by atoms with van der Waals surface area (Å²) in [5, 5.41) is 2.86. The van der Waals surface area contributed by atoms with Crippen LogP contribution in [0.1, 0.15) is 27.3 Å². The maximum Gasteiger partial charge on any atom is 0.234 e. The van der Waals surface area contributed by atoms with E-state index in [0.717, 1.165) is 5.75 Å². The number of hydrogen-bond acceptors (Lipinski definition) is 4. The van der Waals surface area contributed by atoms with Crippen LogP contribution in [0.2, 0.25) is 0 Å². The third-order valence-corrected chi connectivity index (χ3v) is 5.08. The Hall–Kier alpha value is -2.86. The standard InChI is InChI=1S/C21H21N3O2S/c1-15-3-5-16(6-4-15)13-27-14-19(25)23-18-9-7-17(8-10-18)20(26)21-22-11-12-24(21)2/h3-12H,13-14H2,1-2H3,(H,23,25). The van der Waals surface area contributed by atoms with Crippen LogP contribution < -0.4 is 5.32 Å². The molecular weight excluding hydrogens is 358 g/mol. The highest BCUT2D eigenvalue weighted by Gasteiger charge is 2.13. The Morgan fingerprint density at radius 3 is 2.41 bits per heavy atom. The molecule has 0 saturated heterocycles. The highest BCUT2D eigenvalue weighted by atomic mass is 32.2. The monoisotopic (exact) mass is 379 g/mol. The van der Waals surface area contributed by atoms with Gasteiger partial charge < -0.3 is 9.88 Å². The van der Waals surface area contributed by atoms with Crippen molar-refractivity contribution >= 4 is 29.1 Å². The van der Waals surface area contributed by atoms with Crippen molar-refractivity contribution in [1.82, 2.24) is 9.55 Å². The summed E-state index contributed by atoms with van der Waals surface area (Å²) in [6.45, 7) is 2.06. The number of benzene rings is 2. The summed E-state index contributed by atoms with van der Waals surface area (Å²) in [7, 11) is 1.78. The van der Waals surface area contributed by atoms with Crippen LogP contribution in [0.15, 0.2) is 60.9 Å². The SMILES string of the molecule is Cc1ccc(CSCC(=O)Nc2ccc(C(=O)c3nccn3C)cc2)cc1. The molecule has 0 radical (unpaired) electrons. The Balaban J connectivity index is 1.50. The molecule has 6 heteroatoms. The summed E-state index contributed by atoms with van der Waals surface area (Å²) in [5.41, 5.74) is 3.64. The number of hydrogen-bond donors (Lipinski definition) is 1. The van der Waals surface area contributed by atoms with E-state index in [-0.39, 0.29) is 11.7 Å². The maximum absolute atomic E-state index is 12.4. The van der Waals surface area contributed by atoms with Crippen molar-refractivity contribution in [1.29, 1.82) is 0 Å². The number of nitrogens with zero attached hydrogens (tertiary/aromatic N) is 2. The Morgan fingerprint density at radius 1 is 1.07 bits per heavy atom. The lowest BCUT2D eigenvalue weighted by Crippen LogP contribution is -2.14. The Labute approximate surface area is 162 Å². The molecule has 0 spiro atoms. The van der Waals surface area contributed by atoms with Crippen molar-refractivity contribution in [2.75, 3.05) is 11.1 Å². The van der Waals surface area contributed by atoms with E-state index in [0.29, 0.717) is 22.8 Å². The van der Waals surface area contributed by atoms with E-state index in [1.807, 2.05) is 0 Å². The summed E-state index contributed by atoms with van der Waals surface area (Å²) in [4.78, 5) is 28.5. The molecular formula is C21H21N3O2S. The second-order valence-corrected chi connectivity index (χ2v) is 7.28. The van der Waals surface area contributed by atoms with Gasteiger partial charge in [-0.05, 0) is 36.8 Å². The summed E-state index contributed by atoms with van der Waals surface area (Å²) in [5.74, 6) is 1.36. The fraction of sp³-hybridized carbons (Fsp3) is 0.190. The van der Waals surface area contributed by atoms with Gasteiger partial charge in [0.2, 0.25) is 11.7 Å². The molecule has 0 saturated carbocycles. The Morgan fingerprint density at radius 2 is 1.78 bits per heavy atom. The Kier molecular flexibility index (Phi) is 6.08. The van der Waals surface area contributed by atoms with Crippen LogP contribution >= 0.6 is 11.8 Å². The van der Waals surface area contributed by atoms with Gasteiger partial charge in [0.15, 0.2) is 5.82 Å². The summed E-state index contributed by atoms with van der Waals surface area (Å²) in [6, 6.07) is 15.2. The molecule has 0 fully saturated rings. The average molecular weight is 379 g/mol. The minimum Gasteiger partial charge on any atom is -0.331 e. The molecule has 5 nitrogen and oxygen atoms in total. The zero-order valence-corrected chi connectivity index (χ0v) is 16.1. The number of anilines is 1. The average Bonchev–Trinajstić information content (AvgIpc) is 3.09. The minimum atomic E-state index is -0.144. The van der Waals surface area contributed by atoms with Gasteiger partial charge in [-0.25, -0.2) is 4.98 Å². The van der Waals surface area contributed by atoms with Crippen LogP contribution in [0.5, 0.6) is 0 Å². The molecule has 3 aromatic rings. The number of aryl methyl sites for hydroxylation is 2. The molecule has 0 aliphatic rings. The molecule has 27 heavy (non-hydrogen) atoms. The van der Waals surface area contributed by atoms with Crippen LogP contribution in [0, 0.1) is 6.92 Å². The second-order valence-electron chi connectivity index (χ2n) is 6.29. The number of thioether (sulfide) groups is 1. The summed E-state index contributed by atoms with van der Waals surface area (Å²) >= 11 is 1.57. The zero-order valence-electron chi connectivity index (χ0n) is 15.3. The van der Waals surface area contributed by atoms with Gasteiger partial charge in [-0.3, -0.25) is 9.59 Å². The van der Waals surface area contributed by atoms with Gasteiger partial charge in [0.05, 0.1) is 5.75 Å². The molecule has 0 bridgehead atoms. The van der Waals surface area contributed by atoms with E-state index in [4.69, 9.17) is 0 Å². The van der Waals surface area contributed by atoms with Crippen LogP contribution in [-0.2, 0) is 17.6 Å². The van der Waals surface area contributed by atoms with Crippen LogP contribution in [0.3, 0.4) is 0 Å². The van der Waals surface area contributed by atoms with Gasteiger partial charge in [0.1, 0.15) is 0 Å². The van der Waals surface area contributed by atoms with E-state index < -0.39 is 0 Å². The topological polar surface area (TPSA) is 64.0 Å². The van der Waals surface area contributed by atoms with E-state index >= 15 is 0 Å². The van der Waals surface area contributed by atoms with E-state index in [1.54, 1.807) is 60.0 Å². The molecule has 1 heterocycles. The van der Waals surface area contributed by atoms with E-state index in [9.17, 15) is 9.59 Å². The lowest BCUT2D eigenvalue weighted by molar-refractivity contribution is -0.113. The molecule has 0 unspecified atom stereocenters. The smallest absolute Gasteiger partial charge is 0.234 e. The normalized spacial score (nSPS) is 10.6. The fourth-order valence-electron chi connectivity index (χ4n) is 2.56. The predicted octanol–water partition coefficient (Wildman–Crippen LogP) is 3.83. The lowest BCUT2D eigenvalue weighted by Gasteiger charge is -2.07. The Bertz CT molecular complexity index is 931. The third-order valence-electron chi connectivity index (χ3n) is 4.08. The van der Waals surface area contributed by atoms with Gasteiger partial charge in [-0.1, -0.05) is 29.8 Å². The number of aromatic nitrogens is 2. The van der Waals surface area contributed by atoms with Gasteiger partial charge in [-0.15, -0.1) is 11.8 Å². The molecule has 3 rings (SSSR count). The largest absolute Gasteiger partial charge is 0.331 e. The molecule has 0 aliphatic carbocycles. The predicted molar refractivity (Wildman–Crippen MR) is 109 cm³/mol. The number of nitrogens with one attached hydrogen (secondary N) is 1. The molecule has 0 aliphatic heterocycles. The number of carbonyl (C=O) groups excluding carboxylic acids is 2. The first kappa shape index (κ1) is 18.9. The molecule has 1 aromatic heterocycles. The number of carbonyl (C=O) groups is 2. The summed E-state index contributed by atoms with van der Waals surface area (Å²) in [6.07, 6.45) is 3.33. The van der Waals surface area contributed by atoms with Crippen molar-refractivity contribution in [3.8, 4) is 0 Å². The van der Waals surface area contributed by atoms with Crippen molar-refractivity contribution in [2.24, 2.45) is 7.05 Å². The van der Waals surface area contributed by atoms with Crippen molar-refractivity contribution in [3.05, 3.63) is 83.4 Å². The quantitative estimate of drug-likeness (QED) is 0.634. The zero-order chi connectivity index (χ0) is 19.2. The van der Waals surface area contributed by atoms with Crippen LogP contribution in [0.4, 0.5) is 5.69 Å². The molecule has 1 N–H and O–H groups in total. The lowest BCUT2D eigenvalue weighted by atomic mass is 10.1.